The molecule has 0 bridgehead atoms. The van der Waals surface area contributed by atoms with E-state index in [2.05, 4.69) is 30.1 Å². The van der Waals surface area contributed by atoms with E-state index in [1.807, 2.05) is 18.2 Å². The van der Waals surface area contributed by atoms with Crippen LogP contribution in [0.5, 0.6) is 0 Å². The molecular formula is C15H16N2O. The van der Waals surface area contributed by atoms with Gasteiger partial charge in [0.05, 0.1) is 17.8 Å². The third kappa shape index (κ3) is 1.87. The Hall–Kier alpha value is -1.87. The summed E-state index contributed by atoms with van der Waals surface area (Å²) in [6.07, 6.45) is 2.99. The summed E-state index contributed by atoms with van der Waals surface area (Å²) in [5, 5.41) is 1.18. The van der Waals surface area contributed by atoms with E-state index in [0.717, 1.165) is 30.0 Å². The molecule has 1 aliphatic heterocycles. The molecule has 2 heterocycles. The molecule has 0 saturated heterocycles. The van der Waals surface area contributed by atoms with Gasteiger partial charge in [-0.1, -0.05) is 18.2 Å². The molecule has 3 heteroatoms. The van der Waals surface area contributed by atoms with Gasteiger partial charge in [0, 0.05) is 11.8 Å². The van der Waals surface area contributed by atoms with Crippen molar-refractivity contribution in [3.63, 3.8) is 0 Å². The number of hydrogen-bond acceptors (Lipinski definition) is 3. The number of para-hydroxylation sites is 1. The van der Waals surface area contributed by atoms with E-state index < -0.39 is 0 Å². The van der Waals surface area contributed by atoms with E-state index in [1.54, 1.807) is 0 Å². The molecule has 1 atom stereocenters. The van der Waals surface area contributed by atoms with Crippen molar-refractivity contribution in [2.75, 3.05) is 6.61 Å². The van der Waals surface area contributed by atoms with Gasteiger partial charge in [-0.3, -0.25) is 4.98 Å². The van der Waals surface area contributed by atoms with Crippen molar-refractivity contribution < 1.29 is 4.74 Å². The lowest BCUT2D eigenvalue weighted by atomic mass is 10.1. The molecule has 0 spiro atoms. The lowest BCUT2D eigenvalue weighted by Gasteiger charge is -2.14. The van der Waals surface area contributed by atoms with Gasteiger partial charge in [-0.05, 0) is 30.7 Å². The molecular weight excluding hydrogens is 224 g/mol. The Morgan fingerprint density at radius 2 is 2.17 bits per heavy atom. The second kappa shape index (κ2) is 4.42. The molecule has 0 amide bonds. The third-order valence-electron chi connectivity index (χ3n) is 3.30. The zero-order chi connectivity index (χ0) is 12.5. The van der Waals surface area contributed by atoms with Crippen molar-refractivity contribution in [3.05, 3.63) is 53.4 Å². The van der Waals surface area contributed by atoms with Crippen LogP contribution in [-0.2, 0) is 4.74 Å². The van der Waals surface area contributed by atoms with Crippen LogP contribution in [0, 0.1) is 6.92 Å². The van der Waals surface area contributed by atoms with Crippen LogP contribution in [0.3, 0.4) is 0 Å². The Morgan fingerprint density at radius 3 is 2.94 bits per heavy atom. The van der Waals surface area contributed by atoms with Gasteiger partial charge in [0.2, 0.25) is 0 Å². The molecule has 1 aliphatic rings. The second-order valence-corrected chi connectivity index (χ2v) is 4.60. The van der Waals surface area contributed by atoms with Crippen molar-refractivity contribution in [3.8, 4) is 0 Å². The third-order valence-corrected chi connectivity index (χ3v) is 3.30. The zero-order valence-corrected chi connectivity index (χ0v) is 10.4. The summed E-state index contributed by atoms with van der Waals surface area (Å²) in [4.78, 5) is 4.63. The first-order valence-electron chi connectivity index (χ1n) is 6.20. The average Bonchev–Trinajstić information content (AvgIpc) is 2.91. The molecule has 0 radical (unpaired) electrons. The smallest absolute Gasteiger partial charge is 0.115 e. The number of pyridine rings is 1. The number of hydrogen-bond donors (Lipinski definition) is 1. The van der Waals surface area contributed by atoms with Crippen LogP contribution < -0.4 is 5.73 Å². The average molecular weight is 240 g/mol. The maximum absolute atomic E-state index is 6.20. The van der Waals surface area contributed by atoms with Crippen LogP contribution in [0.2, 0.25) is 0 Å². The van der Waals surface area contributed by atoms with Gasteiger partial charge < -0.3 is 10.5 Å². The minimum Gasteiger partial charge on any atom is -0.496 e. The molecule has 1 aromatic heterocycles. The van der Waals surface area contributed by atoms with Crippen LogP contribution in [-0.4, -0.2) is 11.6 Å². The number of benzene rings is 1. The maximum Gasteiger partial charge on any atom is 0.115 e. The minimum atomic E-state index is -0.254. The molecule has 0 fully saturated rings. The van der Waals surface area contributed by atoms with Crippen LogP contribution in [0.4, 0.5) is 0 Å². The number of nitrogens with two attached hydrogens (primary N) is 1. The van der Waals surface area contributed by atoms with Gasteiger partial charge >= 0.3 is 0 Å². The number of fused-ring (bicyclic) bond motifs is 1. The van der Waals surface area contributed by atoms with Crippen molar-refractivity contribution in [1.82, 2.24) is 4.98 Å². The van der Waals surface area contributed by atoms with Gasteiger partial charge in [-0.15, -0.1) is 0 Å². The van der Waals surface area contributed by atoms with E-state index in [-0.39, 0.29) is 6.04 Å². The van der Waals surface area contributed by atoms with Gasteiger partial charge in [0.1, 0.15) is 11.8 Å². The van der Waals surface area contributed by atoms with Crippen molar-refractivity contribution in [2.45, 2.75) is 19.4 Å². The Balaban J connectivity index is 2.07. The first kappa shape index (κ1) is 11.2. The second-order valence-electron chi connectivity index (χ2n) is 4.60. The molecule has 3 nitrogen and oxygen atoms in total. The minimum absolute atomic E-state index is 0.254. The van der Waals surface area contributed by atoms with E-state index in [4.69, 9.17) is 10.5 Å². The SMILES string of the molecule is Cc1cc(C(N)C2=CCCO2)nc2ccccc12. The summed E-state index contributed by atoms with van der Waals surface area (Å²) < 4.78 is 5.52. The number of ether oxygens (including phenoxy) is 1. The predicted octanol–water partition coefficient (Wildman–Crippen LogP) is 2.85. The lowest BCUT2D eigenvalue weighted by Crippen LogP contribution is -2.15. The quantitative estimate of drug-likeness (QED) is 0.878. The highest BCUT2D eigenvalue weighted by atomic mass is 16.5. The fourth-order valence-electron chi connectivity index (χ4n) is 2.33. The first-order chi connectivity index (χ1) is 8.75. The summed E-state index contributed by atoms with van der Waals surface area (Å²) in [6, 6.07) is 9.92. The maximum atomic E-state index is 6.20. The monoisotopic (exact) mass is 240 g/mol. The Kier molecular flexibility index (Phi) is 2.76. The highest BCUT2D eigenvalue weighted by Gasteiger charge is 2.18. The number of rotatable bonds is 2. The van der Waals surface area contributed by atoms with Crippen molar-refractivity contribution in [1.29, 1.82) is 0 Å². The highest BCUT2D eigenvalue weighted by Crippen LogP contribution is 2.26. The molecule has 1 aromatic carbocycles. The molecule has 0 saturated carbocycles. The highest BCUT2D eigenvalue weighted by molar-refractivity contribution is 5.82. The van der Waals surface area contributed by atoms with Gasteiger partial charge in [-0.25, -0.2) is 0 Å². The summed E-state index contributed by atoms with van der Waals surface area (Å²) in [7, 11) is 0. The normalized spacial score (nSPS) is 16.4. The number of nitrogens with zero attached hydrogens (tertiary/aromatic N) is 1. The molecule has 2 aromatic rings. The summed E-state index contributed by atoms with van der Waals surface area (Å²) in [5.41, 5.74) is 9.27. The first-order valence-corrected chi connectivity index (χ1v) is 6.20. The molecule has 1 unspecified atom stereocenters. The topological polar surface area (TPSA) is 48.1 Å². The molecule has 18 heavy (non-hydrogen) atoms. The number of aromatic nitrogens is 1. The zero-order valence-electron chi connectivity index (χ0n) is 10.4. The van der Waals surface area contributed by atoms with Gasteiger partial charge in [0.15, 0.2) is 0 Å². The largest absolute Gasteiger partial charge is 0.496 e. The van der Waals surface area contributed by atoms with E-state index in [1.165, 1.54) is 10.9 Å². The standard InChI is InChI=1S/C15H16N2O/c1-10-9-13(15(16)14-7-4-8-18-14)17-12-6-3-2-5-11(10)12/h2-3,5-7,9,15H,4,8,16H2,1H3. The molecule has 0 aliphatic carbocycles. The summed E-state index contributed by atoms with van der Waals surface area (Å²) >= 11 is 0. The van der Waals surface area contributed by atoms with Crippen LogP contribution in [0.25, 0.3) is 10.9 Å². The van der Waals surface area contributed by atoms with Crippen molar-refractivity contribution >= 4 is 10.9 Å². The Morgan fingerprint density at radius 1 is 1.33 bits per heavy atom. The Bertz CT molecular complexity index is 619. The molecule has 92 valence electrons. The van der Waals surface area contributed by atoms with Crippen molar-refractivity contribution in [2.24, 2.45) is 5.73 Å². The number of aryl methyl sites for hydroxylation is 1. The van der Waals surface area contributed by atoms with Crippen LogP contribution in [0.15, 0.2) is 42.2 Å². The van der Waals surface area contributed by atoms with E-state index >= 15 is 0 Å². The lowest BCUT2D eigenvalue weighted by molar-refractivity contribution is 0.224. The molecule has 3 rings (SSSR count). The fraction of sp³-hybridized carbons (Fsp3) is 0.267. The van der Waals surface area contributed by atoms with Gasteiger partial charge in [-0.2, -0.15) is 0 Å². The van der Waals surface area contributed by atoms with E-state index in [9.17, 15) is 0 Å². The Labute approximate surface area is 106 Å². The summed E-state index contributed by atoms with van der Waals surface area (Å²) in [5.74, 6) is 0.845. The molecule has 2 N–H and O–H groups in total. The fourth-order valence-corrected chi connectivity index (χ4v) is 2.33. The van der Waals surface area contributed by atoms with Crippen LogP contribution in [0.1, 0.15) is 23.7 Å². The van der Waals surface area contributed by atoms with Crippen LogP contribution >= 0.6 is 0 Å². The predicted molar refractivity (Wildman–Crippen MR) is 72.1 cm³/mol. The van der Waals surface area contributed by atoms with Gasteiger partial charge in [0.25, 0.3) is 0 Å². The summed E-state index contributed by atoms with van der Waals surface area (Å²) in [6.45, 7) is 2.82. The van der Waals surface area contributed by atoms with E-state index in [0.29, 0.717) is 0 Å².